The van der Waals surface area contributed by atoms with E-state index in [1.54, 1.807) is 0 Å². The quantitative estimate of drug-likeness (QED) is 0.649. The molecular formula is C24H34ClN3O2. The number of halogens is 1. The summed E-state index contributed by atoms with van der Waals surface area (Å²) in [5.74, 6) is -0.109. The topological polar surface area (TPSA) is 67.6 Å². The van der Waals surface area contributed by atoms with E-state index in [0.29, 0.717) is 19.6 Å². The van der Waals surface area contributed by atoms with Gasteiger partial charge in [0.2, 0.25) is 5.91 Å². The summed E-state index contributed by atoms with van der Waals surface area (Å²) in [6.07, 6.45) is 0.585. The van der Waals surface area contributed by atoms with Crippen LogP contribution in [0.5, 0.6) is 0 Å². The first-order valence-electron chi connectivity index (χ1n) is 10.4. The van der Waals surface area contributed by atoms with Gasteiger partial charge in [-0.3, -0.25) is 4.79 Å². The van der Waals surface area contributed by atoms with E-state index in [0.717, 1.165) is 23.5 Å². The van der Waals surface area contributed by atoms with Crippen molar-refractivity contribution in [2.24, 2.45) is 11.1 Å². The molecule has 1 fully saturated rings. The van der Waals surface area contributed by atoms with Gasteiger partial charge in [-0.1, -0.05) is 44.2 Å². The minimum absolute atomic E-state index is 0. The third-order valence-electron chi connectivity index (χ3n) is 6.32. The van der Waals surface area contributed by atoms with Crippen LogP contribution in [0.2, 0.25) is 0 Å². The Labute approximate surface area is 186 Å². The molecule has 1 amide bonds. The molecule has 0 radical (unpaired) electrons. The van der Waals surface area contributed by atoms with Crippen molar-refractivity contribution < 1.29 is 9.53 Å². The Morgan fingerprint density at radius 2 is 1.70 bits per heavy atom. The second kappa shape index (κ2) is 9.82. The van der Waals surface area contributed by atoms with E-state index in [1.807, 2.05) is 39.0 Å². The number of carbonyl (C=O) groups excluding carboxylic acids is 1. The number of nitrogens with zero attached hydrogens (tertiary/aromatic N) is 1. The monoisotopic (exact) mass is 431 g/mol. The van der Waals surface area contributed by atoms with E-state index in [2.05, 4.69) is 53.5 Å². The summed E-state index contributed by atoms with van der Waals surface area (Å²) in [5.41, 5.74) is 8.53. The molecule has 2 atom stereocenters. The standard InChI is InChI=1S/C24H33N3O2.ClH/c1-5-27(19-10-8-7-9-11-19)20-14-12-18(13-15-20)17-26-22(28)24(25)16-21(29-6-2)23(24,3)4;/h7-15,21H,5-6,16-17,25H2,1-4H3,(H,26,28);1H. The highest BCUT2D eigenvalue weighted by atomic mass is 35.5. The maximum atomic E-state index is 12.8. The van der Waals surface area contributed by atoms with E-state index < -0.39 is 5.54 Å². The van der Waals surface area contributed by atoms with Crippen LogP contribution >= 0.6 is 12.4 Å². The van der Waals surface area contributed by atoms with E-state index in [-0.39, 0.29) is 29.8 Å². The van der Waals surface area contributed by atoms with Crippen molar-refractivity contribution in [3.8, 4) is 0 Å². The van der Waals surface area contributed by atoms with Gasteiger partial charge in [0, 0.05) is 42.9 Å². The maximum absolute atomic E-state index is 12.8. The van der Waals surface area contributed by atoms with Gasteiger partial charge in [-0.15, -0.1) is 12.4 Å². The molecular weight excluding hydrogens is 398 g/mol. The lowest BCUT2D eigenvalue weighted by atomic mass is 9.54. The van der Waals surface area contributed by atoms with Crippen molar-refractivity contribution in [2.45, 2.75) is 52.3 Å². The summed E-state index contributed by atoms with van der Waals surface area (Å²) in [7, 11) is 0. The lowest BCUT2D eigenvalue weighted by Crippen LogP contribution is -2.75. The van der Waals surface area contributed by atoms with E-state index in [4.69, 9.17) is 10.5 Å². The Bertz CT molecular complexity index is 826. The smallest absolute Gasteiger partial charge is 0.241 e. The van der Waals surface area contributed by atoms with E-state index in [1.165, 1.54) is 0 Å². The van der Waals surface area contributed by atoms with Crippen LogP contribution in [-0.2, 0) is 16.1 Å². The molecule has 0 saturated heterocycles. The highest BCUT2D eigenvalue weighted by molar-refractivity contribution is 5.88. The first kappa shape index (κ1) is 24.2. The van der Waals surface area contributed by atoms with Crippen LogP contribution in [0.4, 0.5) is 11.4 Å². The number of hydrogen-bond donors (Lipinski definition) is 2. The Kier molecular flexibility index (Phi) is 7.92. The van der Waals surface area contributed by atoms with Gasteiger partial charge in [0.05, 0.1) is 6.10 Å². The minimum Gasteiger partial charge on any atom is -0.378 e. The highest BCUT2D eigenvalue weighted by Crippen LogP contribution is 2.49. The molecule has 0 spiro atoms. The minimum atomic E-state index is -0.890. The Morgan fingerprint density at radius 3 is 2.23 bits per heavy atom. The van der Waals surface area contributed by atoms with Crippen molar-refractivity contribution in [3.05, 3.63) is 60.2 Å². The first-order valence-corrected chi connectivity index (χ1v) is 10.4. The van der Waals surface area contributed by atoms with Crippen molar-refractivity contribution in [1.29, 1.82) is 0 Å². The van der Waals surface area contributed by atoms with Gasteiger partial charge in [-0.2, -0.15) is 0 Å². The number of amides is 1. The molecule has 2 unspecified atom stereocenters. The molecule has 5 nitrogen and oxygen atoms in total. The number of anilines is 2. The molecule has 2 aromatic rings. The van der Waals surface area contributed by atoms with Gasteiger partial charge < -0.3 is 20.7 Å². The fourth-order valence-electron chi connectivity index (χ4n) is 4.08. The second-order valence-corrected chi connectivity index (χ2v) is 8.27. The maximum Gasteiger partial charge on any atom is 0.241 e. The van der Waals surface area contributed by atoms with Crippen LogP contribution in [0.1, 0.15) is 39.7 Å². The molecule has 2 aromatic carbocycles. The molecule has 164 valence electrons. The molecule has 0 aromatic heterocycles. The molecule has 0 bridgehead atoms. The van der Waals surface area contributed by atoms with Crippen LogP contribution in [-0.4, -0.2) is 30.7 Å². The highest BCUT2D eigenvalue weighted by Gasteiger charge is 2.62. The average Bonchev–Trinajstić information content (AvgIpc) is 2.74. The van der Waals surface area contributed by atoms with Crippen LogP contribution in [0.3, 0.4) is 0 Å². The lowest BCUT2D eigenvalue weighted by molar-refractivity contribution is -0.170. The van der Waals surface area contributed by atoms with Crippen LogP contribution in [0.15, 0.2) is 54.6 Å². The van der Waals surface area contributed by atoms with Gasteiger partial charge in [0.15, 0.2) is 0 Å². The van der Waals surface area contributed by atoms with E-state index >= 15 is 0 Å². The fraction of sp³-hybridized carbons (Fsp3) is 0.458. The largest absolute Gasteiger partial charge is 0.378 e. The van der Waals surface area contributed by atoms with Crippen molar-refractivity contribution >= 4 is 29.7 Å². The SMILES string of the molecule is CCOC1CC(N)(C(=O)NCc2ccc(N(CC)c3ccccc3)cc2)C1(C)C.Cl. The van der Waals surface area contributed by atoms with Crippen LogP contribution in [0, 0.1) is 5.41 Å². The van der Waals surface area contributed by atoms with Gasteiger partial charge in [-0.25, -0.2) is 0 Å². The Balaban J connectivity index is 0.00000320. The molecule has 30 heavy (non-hydrogen) atoms. The van der Waals surface area contributed by atoms with E-state index in [9.17, 15) is 4.79 Å². The number of para-hydroxylation sites is 1. The van der Waals surface area contributed by atoms with Gasteiger partial charge in [0.25, 0.3) is 0 Å². The molecule has 3 rings (SSSR count). The predicted octanol–water partition coefficient (Wildman–Crippen LogP) is 4.42. The number of nitrogens with two attached hydrogens (primary N) is 1. The summed E-state index contributed by atoms with van der Waals surface area (Å²) in [6, 6.07) is 18.6. The normalized spacial score (nSPS) is 21.8. The summed E-state index contributed by atoms with van der Waals surface area (Å²) in [6.45, 7) is 10.1. The number of carbonyl (C=O) groups is 1. The third kappa shape index (κ3) is 4.48. The molecule has 1 aliphatic carbocycles. The lowest BCUT2D eigenvalue weighted by Gasteiger charge is -2.57. The zero-order valence-corrected chi connectivity index (χ0v) is 19.2. The number of nitrogens with one attached hydrogen (secondary N) is 1. The Morgan fingerprint density at radius 1 is 1.10 bits per heavy atom. The van der Waals surface area contributed by atoms with Crippen molar-refractivity contribution in [2.75, 3.05) is 18.1 Å². The van der Waals surface area contributed by atoms with Crippen LogP contribution in [0.25, 0.3) is 0 Å². The summed E-state index contributed by atoms with van der Waals surface area (Å²) in [5, 5.41) is 3.02. The zero-order valence-electron chi connectivity index (χ0n) is 18.4. The van der Waals surface area contributed by atoms with Gasteiger partial charge in [0.1, 0.15) is 5.54 Å². The average molecular weight is 432 g/mol. The molecule has 1 aliphatic rings. The molecule has 0 aliphatic heterocycles. The first-order chi connectivity index (χ1) is 13.8. The number of hydrogen-bond acceptors (Lipinski definition) is 4. The predicted molar refractivity (Wildman–Crippen MR) is 125 cm³/mol. The number of benzene rings is 2. The Hall–Kier alpha value is -2.08. The van der Waals surface area contributed by atoms with Crippen molar-refractivity contribution in [1.82, 2.24) is 5.32 Å². The fourth-order valence-corrected chi connectivity index (χ4v) is 4.08. The molecule has 0 heterocycles. The number of ether oxygens (including phenoxy) is 1. The number of rotatable bonds is 8. The molecule has 1 saturated carbocycles. The van der Waals surface area contributed by atoms with Crippen molar-refractivity contribution in [3.63, 3.8) is 0 Å². The molecule has 3 N–H and O–H groups in total. The zero-order chi connectivity index (χ0) is 21.1. The van der Waals surface area contributed by atoms with Crippen LogP contribution < -0.4 is 16.0 Å². The third-order valence-corrected chi connectivity index (χ3v) is 6.32. The summed E-state index contributed by atoms with van der Waals surface area (Å²) in [4.78, 5) is 15.0. The summed E-state index contributed by atoms with van der Waals surface area (Å²) >= 11 is 0. The van der Waals surface area contributed by atoms with Gasteiger partial charge >= 0.3 is 0 Å². The molecule has 6 heteroatoms. The second-order valence-electron chi connectivity index (χ2n) is 8.27. The van der Waals surface area contributed by atoms with Gasteiger partial charge in [-0.05, 0) is 43.7 Å². The summed E-state index contributed by atoms with van der Waals surface area (Å²) < 4.78 is 5.72.